The Morgan fingerprint density at radius 2 is 2.46 bits per heavy atom. The van der Waals surface area contributed by atoms with Crippen LogP contribution < -0.4 is 0 Å². The van der Waals surface area contributed by atoms with Gasteiger partial charge < -0.3 is 0 Å². The summed E-state index contributed by atoms with van der Waals surface area (Å²) in [6.45, 7) is 0. The molecule has 0 spiro atoms. The molecule has 1 aromatic heterocycles. The van der Waals surface area contributed by atoms with Crippen LogP contribution in [0, 0.1) is 0 Å². The normalized spacial score (nSPS) is 22.4. The van der Waals surface area contributed by atoms with Gasteiger partial charge in [-0.15, -0.1) is 0 Å². The Morgan fingerprint density at radius 3 is 3.00 bits per heavy atom. The van der Waals surface area contributed by atoms with Crippen LogP contribution in [-0.2, 0) is 0 Å². The third-order valence-corrected chi connectivity index (χ3v) is 3.59. The quantitative estimate of drug-likeness (QED) is 0.683. The zero-order valence-corrected chi connectivity index (χ0v) is 9.32. The van der Waals surface area contributed by atoms with Gasteiger partial charge in [-0.1, -0.05) is 0 Å². The van der Waals surface area contributed by atoms with Gasteiger partial charge in [0.2, 0.25) is 0 Å². The standard InChI is InChI=1S/C10H12N2Se/c1-12-9(4-5-10(12)13)8-3-2-6-11-7-8/h2-3,6-7,9H,4-5H2,1H3/t9-/m0/s1. The Kier molecular flexibility index (Phi) is 2.47. The molecule has 1 atom stereocenters. The molecule has 0 bridgehead atoms. The van der Waals surface area contributed by atoms with Gasteiger partial charge in [0.05, 0.1) is 0 Å². The molecule has 0 aliphatic carbocycles. The number of likely N-dealkylation sites (tertiary alicyclic amines) is 1. The van der Waals surface area contributed by atoms with Crippen molar-refractivity contribution in [3.8, 4) is 0 Å². The van der Waals surface area contributed by atoms with Crippen molar-refractivity contribution in [2.45, 2.75) is 18.9 Å². The van der Waals surface area contributed by atoms with Gasteiger partial charge >= 0.3 is 86.0 Å². The average molecular weight is 239 g/mol. The fourth-order valence-corrected chi connectivity index (χ4v) is 2.28. The summed E-state index contributed by atoms with van der Waals surface area (Å²) in [5.74, 6) is 0. The minimum atomic E-state index is 0.518. The predicted octanol–water partition coefficient (Wildman–Crippen LogP) is 1.15. The van der Waals surface area contributed by atoms with Crippen molar-refractivity contribution in [2.24, 2.45) is 0 Å². The van der Waals surface area contributed by atoms with Crippen molar-refractivity contribution < 1.29 is 0 Å². The van der Waals surface area contributed by atoms with Crippen molar-refractivity contribution in [3.05, 3.63) is 30.1 Å². The van der Waals surface area contributed by atoms with Crippen LogP contribution in [-0.4, -0.2) is 37.0 Å². The summed E-state index contributed by atoms with van der Waals surface area (Å²) in [4.78, 5) is 6.45. The molecule has 0 N–H and O–H groups in total. The maximum atomic E-state index is 4.14. The summed E-state index contributed by atoms with van der Waals surface area (Å²) >= 11 is 3.11. The summed E-state index contributed by atoms with van der Waals surface area (Å²) in [7, 11) is 2.14. The van der Waals surface area contributed by atoms with Crippen molar-refractivity contribution in [2.75, 3.05) is 7.05 Å². The zero-order valence-electron chi connectivity index (χ0n) is 7.60. The van der Waals surface area contributed by atoms with E-state index in [4.69, 9.17) is 0 Å². The van der Waals surface area contributed by atoms with Crippen LogP contribution in [0.5, 0.6) is 0 Å². The van der Waals surface area contributed by atoms with Gasteiger partial charge in [-0.2, -0.15) is 0 Å². The van der Waals surface area contributed by atoms with Gasteiger partial charge in [0.1, 0.15) is 0 Å². The van der Waals surface area contributed by atoms with E-state index in [1.54, 1.807) is 0 Å². The monoisotopic (exact) mass is 240 g/mol. The molecule has 68 valence electrons. The molecule has 2 nitrogen and oxygen atoms in total. The molecule has 2 heterocycles. The molecule has 1 aliphatic rings. The predicted molar refractivity (Wildman–Crippen MR) is 54.7 cm³/mol. The van der Waals surface area contributed by atoms with E-state index < -0.39 is 0 Å². The Morgan fingerprint density at radius 1 is 1.62 bits per heavy atom. The third-order valence-electron chi connectivity index (χ3n) is 2.56. The van der Waals surface area contributed by atoms with E-state index in [9.17, 15) is 0 Å². The third kappa shape index (κ3) is 1.67. The molecule has 0 aromatic carbocycles. The van der Waals surface area contributed by atoms with Gasteiger partial charge in [-0.25, -0.2) is 0 Å². The summed E-state index contributed by atoms with van der Waals surface area (Å²) < 4.78 is 1.36. The number of nitrogens with zero attached hydrogens (tertiary/aromatic N) is 2. The molecule has 0 unspecified atom stereocenters. The topological polar surface area (TPSA) is 16.1 Å². The molecule has 0 amide bonds. The molecular weight excluding hydrogens is 227 g/mol. The molecule has 1 fully saturated rings. The number of hydrogen-bond acceptors (Lipinski definition) is 2. The molecule has 1 aliphatic heterocycles. The maximum absolute atomic E-state index is 4.14. The molecule has 1 saturated heterocycles. The fraction of sp³-hybridized carbons (Fsp3) is 0.400. The molecular formula is C10H12N2Se. The van der Waals surface area contributed by atoms with E-state index in [1.165, 1.54) is 16.5 Å². The molecule has 2 rings (SSSR count). The Bertz CT molecular complexity index is 310. The number of hydrogen-bond donors (Lipinski definition) is 0. The van der Waals surface area contributed by atoms with E-state index >= 15 is 0 Å². The second kappa shape index (κ2) is 3.60. The van der Waals surface area contributed by atoms with E-state index in [0.29, 0.717) is 6.04 Å². The van der Waals surface area contributed by atoms with Gasteiger partial charge in [0.25, 0.3) is 0 Å². The summed E-state index contributed by atoms with van der Waals surface area (Å²) in [5.41, 5.74) is 1.32. The first-order chi connectivity index (χ1) is 6.29. The molecule has 1 aromatic rings. The Labute approximate surface area is 86.3 Å². The number of aromatic nitrogens is 1. The van der Waals surface area contributed by atoms with Gasteiger partial charge in [-0.05, 0) is 0 Å². The van der Waals surface area contributed by atoms with Crippen molar-refractivity contribution >= 4 is 20.1 Å². The van der Waals surface area contributed by atoms with Gasteiger partial charge in [0, 0.05) is 0 Å². The summed E-state index contributed by atoms with van der Waals surface area (Å²) in [5, 5.41) is 0. The van der Waals surface area contributed by atoms with Crippen LogP contribution in [0.2, 0.25) is 0 Å². The van der Waals surface area contributed by atoms with Crippen LogP contribution in [0.25, 0.3) is 0 Å². The summed E-state index contributed by atoms with van der Waals surface area (Å²) in [6, 6.07) is 4.66. The van der Waals surface area contributed by atoms with E-state index in [0.717, 1.165) is 6.42 Å². The van der Waals surface area contributed by atoms with Gasteiger partial charge in [-0.3, -0.25) is 0 Å². The average Bonchev–Trinajstić information content (AvgIpc) is 2.49. The van der Waals surface area contributed by atoms with Crippen molar-refractivity contribution in [3.63, 3.8) is 0 Å². The first kappa shape index (κ1) is 8.92. The summed E-state index contributed by atoms with van der Waals surface area (Å²) in [6.07, 6.45) is 6.14. The van der Waals surface area contributed by atoms with Crippen molar-refractivity contribution in [1.29, 1.82) is 0 Å². The molecule has 13 heavy (non-hydrogen) atoms. The van der Waals surface area contributed by atoms with Crippen LogP contribution in [0.1, 0.15) is 24.4 Å². The second-order valence-corrected chi connectivity index (χ2v) is 4.33. The number of pyridine rings is 1. The Balaban J connectivity index is 2.24. The molecule has 3 heteroatoms. The van der Waals surface area contributed by atoms with E-state index in [-0.39, 0.29) is 0 Å². The van der Waals surface area contributed by atoms with Crippen LogP contribution >= 0.6 is 0 Å². The number of rotatable bonds is 1. The fourth-order valence-electron chi connectivity index (χ4n) is 1.77. The Hall–Kier alpha value is -0.661. The molecule has 0 saturated carbocycles. The molecule has 0 radical (unpaired) electrons. The second-order valence-electron chi connectivity index (χ2n) is 3.35. The minimum absolute atomic E-state index is 0.518. The van der Waals surface area contributed by atoms with E-state index in [1.807, 2.05) is 18.5 Å². The first-order valence-electron chi connectivity index (χ1n) is 4.44. The SMILES string of the molecule is CN1C(=[Se])CC[C@H]1c1cccnc1. The van der Waals surface area contributed by atoms with Crippen LogP contribution in [0.4, 0.5) is 0 Å². The van der Waals surface area contributed by atoms with Gasteiger partial charge in [0.15, 0.2) is 0 Å². The first-order valence-corrected chi connectivity index (χ1v) is 5.30. The van der Waals surface area contributed by atoms with Crippen LogP contribution in [0.3, 0.4) is 0 Å². The zero-order chi connectivity index (χ0) is 9.26. The van der Waals surface area contributed by atoms with E-state index in [2.05, 4.69) is 38.6 Å². The van der Waals surface area contributed by atoms with Crippen LogP contribution in [0.15, 0.2) is 24.5 Å². The van der Waals surface area contributed by atoms with Crippen molar-refractivity contribution in [1.82, 2.24) is 9.88 Å².